The van der Waals surface area contributed by atoms with E-state index in [1.54, 1.807) is 29.3 Å². The normalized spacial score (nSPS) is 17.0. The van der Waals surface area contributed by atoms with Crippen molar-refractivity contribution < 1.29 is 14.0 Å². The first-order chi connectivity index (χ1) is 12.0. The molecule has 1 aliphatic rings. The Labute approximate surface area is 145 Å². The van der Waals surface area contributed by atoms with Gasteiger partial charge in [0.15, 0.2) is 0 Å². The van der Waals surface area contributed by atoms with Gasteiger partial charge in [0.05, 0.1) is 5.92 Å². The van der Waals surface area contributed by atoms with Crippen molar-refractivity contribution in [3.8, 4) is 0 Å². The molecule has 0 bridgehead atoms. The van der Waals surface area contributed by atoms with Crippen molar-refractivity contribution in [2.24, 2.45) is 5.92 Å². The van der Waals surface area contributed by atoms with Crippen LogP contribution in [0.4, 0.5) is 10.2 Å². The van der Waals surface area contributed by atoms with E-state index in [4.69, 9.17) is 0 Å². The maximum atomic E-state index is 12.9. The van der Waals surface area contributed by atoms with Gasteiger partial charge >= 0.3 is 0 Å². The monoisotopic (exact) mass is 341 g/mol. The topological polar surface area (TPSA) is 62.3 Å². The first-order valence-electron chi connectivity index (χ1n) is 8.27. The first-order valence-corrected chi connectivity index (χ1v) is 8.27. The van der Waals surface area contributed by atoms with E-state index in [0.29, 0.717) is 25.3 Å². The van der Waals surface area contributed by atoms with E-state index in [-0.39, 0.29) is 30.0 Å². The average Bonchev–Trinajstić information content (AvgIpc) is 2.95. The van der Waals surface area contributed by atoms with Gasteiger partial charge < -0.3 is 10.2 Å². The molecule has 6 heteroatoms. The number of anilines is 1. The van der Waals surface area contributed by atoms with E-state index in [1.807, 2.05) is 13.0 Å². The van der Waals surface area contributed by atoms with Crippen LogP contribution in [-0.2, 0) is 16.0 Å². The molecule has 2 aromatic rings. The lowest BCUT2D eigenvalue weighted by Gasteiger charge is -2.16. The van der Waals surface area contributed by atoms with E-state index < -0.39 is 0 Å². The van der Waals surface area contributed by atoms with Crippen molar-refractivity contribution in [3.05, 3.63) is 59.5 Å². The van der Waals surface area contributed by atoms with E-state index in [1.165, 1.54) is 12.1 Å². The quantitative estimate of drug-likeness (QED) is 0.909. The number of rotatable bonds is 5. The minimum absolute atomic E-state index is 0.0283. The fourth-order valence-electron chi connectivity index (χ4n) is 2.91. The molecule has 2 heterocycles. The van der Waals surface area contributed by atoms with Crippen molar-refractivity contribution in [2.75, 3.05) is 18.4 Å². The van der Waals surface area contributed by atoms with Crippen LogP contribution in [0.15, 0.2) is 42.6 Å². The van der Waals surface area contributed by atoms with Crippen molar-refractivity contribution in [1.82, 2.24) is 9.88 Å². The first kappa shape index (κ1) is 17.1. The number of carbonyl (C=O) groups excluding carboxylic acids is 2. The molecule has 5 nitrogen and oxygen atoms in total. The highest BCUT2D eigenvalue weighted by molar-refractivity contribution is 5.96. The van der Waals surface area contributed by atoms with Crippen LogP contribution in [0.25, 0.3) is 0 Å². The number of halogens is 1. The zero-order valence-electron chi connectivity index (χ0n) is 14.0. The van der Waals surface area contributed by atoms with E-state index in [9.17, 15) is 14.0 Å². The Morgan fingerprint density at radius 2 is 2.08 bits per heavy atom. The number of amides is 2. The largest absolute Gasteiger partial charge is 0.342 e. The number of aryl methyl sites for hydroxylation is 1. The third kappa shape index (κ3) is 4.41. The van der Waals surface area contributed by atoms with Gasteiger partial charge in [0, 0.05) is 25.7 Å². The van der Waals surface area contributed by atoms with Gasteiger partial charge in [-0.05, 0) is 48.7 Å². The lowest BCUT2D eigenvalue weighted by Crippen LogP contribution is -2.30. The number of hydrogen-bond acceptors (Lipinski definition) is 3. The number of pyridine rings is 1. The molecule has 1 fully saturated rings. The molecule has 0 spiro atoms. The van der Waals surface area contributed by atoms with Crippen LogP contribution in [0.2, 0.25) is 0 Å². The van der Waals surface area contributed by atoms with E-state index in [2.05, 4.69) is 10.3 Å². The third-order valence-electron chi connectivity index (χ3n) is 4.34. The van der Waals surface area contributed by atoms with Gasteiger partial charge in [-0.1, -0.05) is 12.1 Å². The standard InChI is InChI=1S/C19H20FN3O2/c1-13-6-8-21-17(10-13)22-19(25)15-11-18(24)23(12-15)9-7-14-2-4-16(20)5-3-14/h2-6,8,10,15H,7,9,11-12H2,1H3,(H,21,22,25)/t15-/m0/s1. The average molecular weight is 341 g/mol. The van der Waals surface area contributed by atoms with E-state index >= 15 is 0 Å². The van der Waals surface area contributed by atoms with Crippen LogP contribution in [0.1, 0.15) is 17.5 Å². The summed E-state index contributed by atoms with van der Waals surface area (Å²) in [6, 6.07) is 9.89. The van der Waals surface area contributed by atoms with Crippen LogP contribution < -0.4 is 5.32 Å². The molecule has 0 saturated carbocycles. The van der Waals surface area contributed by atoms with Gasteiger partial charge in [0.2, 0.25) is 11.8 Å². The summed E-state index contributed by atoms with van der Waals surface area (Å²) in [6.07, 6.45) is 2.49. The van der Waals surface area contributed by atoms with Gasteiger partial charge in [-0.3, -0.25) is 9.59 Å². The highest BCUT2D eigenvalue weighted by Gasteiger charge is 2.34. The second-order valence-corrected chi connectivity index (χ2v) is 6.32. The summed E-state index contributed by atoms with van der Waals surface area (Å²) in [4.78, 5) is 30.3. The summed E-state index contributed by atoms with van der Waals surface area (Å²) in [7, 11) is 0. The SMILES string of the molecule is Cc1ccnc(NC(=O)[C@H]2CC(=O)N(CCc3ccc(F)cc3)C2)c1. The van der Waals surface area contributed by atoms with Crippen LogP contribution in [0, 0.1) is 18.7 Å². The molecule has 130 valence electrons. The molecule has 3 rings (SSSR count). The van der Waals surface area contributed by atoms with Gasteiger partial charge in [-0.2, -0.15) is 0 Å². The van der Waals surface area contributed by atoms with Gasteiger partial charge in [-0.25, -0.2) is 9.37 Å². The number of nitrogens with zero attached hydrogens (tertiary/aromatic N) is 2. The number of hydrogen-bond donors (Lipinski definition) is 1. The van der Waals surface area contributed by atoms with Crippen molar-refractivity contribution in [2.45, 2.75) is 19.8 Å². The number of aromatic nitrogens is 1. The van der Waals surface area contributed by atoms with Gasteiger partial charge in [-0.15, -0.1) is 0 Å². The Morgan fingerprint density at radius 1 is 1.32 bits per heavy atom. The number of benzene rings is 1. The zero-order valence-corrected chi connectivity index (χ0v) is 14.0. The summed E-state index contributed by atoms with van der Waals surface area (Å²) < 4.78 is 12.9. The fourth-order valence-corrected chi connectivity index (χ4v) is 2.91. The Bertz CT molecular complexity index is 776. The molecule has 25 heavy (non-hydrogen) atoms. The molecule has 2 amide bonds. The summed E-state index contributed by atoms with van der Waals surface area (Å²) in [6.45, 7) is 2.85. The Balaban J connectivity index is 1.54. The van der Waals surface area contributed by atoms with Gasteiger partial charge in [0.1, 0.15) is 11.6 Å². The molecule has 0 unspecified atom stereocenters. The molecule has 1 aromatic carbocycles. The summed E-state index contributed by atoms with van der Waals surface area (Å²) in [5.74, 6) is -0.358. The fraction of sp³-hybridized carbons (Fsp3) is 0.316. The molecule has 1 aromatic heterocycles. The van der Waals surface area contributed by atoms with Crippen molar-refractivity contribution >= 4 is 17.6 Å². The van der Waals surface area contributed by atoms with Crippen LogP contribution >= 0.6 is 0 Å². The molecule has 0 radical (unpaired) electrons. The molecular formula is C19H20FN3O2. The highest BCUT2D eigenvalue weighted by Crippen LogP contribution is 2.20. The Morgan fingerprint density at radius 3 is 2.80 bits per heavy atom. The summed E-state index contributed by atoms with van der Waals surface area (Å²) >= 11 is 0. The molecular weight excluding hydrogens is 321 g/mol. The van der Waals surface area contributed by atoms with Crippen LogP contribution in [0.3, 0.4) is 0 Å². The number of carbonyl (C=O) groups is 2. The smallest absolute Gasteiger partial charge is 0.230 e. The minimum atomic E-state index is -0.372. The lowest BCUT2D eigenvalue weighted by atomic mass is 10.1. The summed E-state index contributed by atoms with van der Waals surface area (Å²) in [5, 5.41) is 2.78. The second-order valence-electron chi connectivity index (χ2n) is 6.32. The number of nitrogens with one attached hydrogen (secondary N) is 1. The number of likely N-dealkylation sites (tertiary alicyclic amines) is 1. The maximum Gasteiger partial charge on any atom is 0.230 e. The maximum absolute atomic E-state index is 12.9. The van der Waals surface area contributed by atoms with Crippen LogP contribution in [-0.4, -0.2) is 34.8 Å². The summed E-state index contributed by atoms with van der Waals surface area (Å²) in [5.41, 5.74) is 1.97. The molecule has 1 aliphatic heterocycles. The Kier molecular flexibility index (Phi) is 5.07. The molecule has 1 atom stereocenters. The second kappa shape index (κ2) is 7.42. The lowest BCUT2D eigenvalue weighted by molar-refractivity contribution is -0.128. The Hall–Kier alpha value is -2.76. The zero-order chi connectivity index (χ0) is 17.8. The third-order valence-corrected chi connectivity index (χ3v) is 4.34. The predicted molar refractivity (Wildman–Crippen MR) is 92.4 cm³/mol. The van der Waals surface area contributed by atoms with Crippen LogP contribution in [0.5, 0.6) is 0 Å². The molecule has 1 N–H and O–H groups in total. The van der Waals surface area contributed by atoms with Crippen molar-refractivity contribution in [1.29, 1.82) is 0 Å². The highest BCUT2D eigenvalue weighted by atomic mass is 19.1. The van der Waals surface area contributed by atoms with E-state index in [0.717, 1.165) is 11.1 Å². The van der Waals surface area contributed by atoms with Gasteiger partial charge in [0.25, 0.3) is 0 Å². The molecule has 1 saturated heterocycles. The van der Waals surface area contributed by atoms with Crippen molar-refractivity contribution in [3.63, 3.8) is 0 Å². The minimum Gasteiger partial charge on any atom is -0.342 e. The molecule has 0 aliphatic carbocycles. The predicted octanol–water partition coefficient (Wildman–Crippen LogP) is 2.56.